The number of amides is 1. The number of hydrogen-bond donors (Lipinski definition) is 1. The fraction of sp³-hybridized carbons (Fsp3) is 0.143. The van der Waals surface area contributed by atoms with Gasteiger partial charge in [-0.1, -0.05) is 12.1 Å². The highest BCUT2D eigenvalue weighted by atomic mass is 16.5. The summed E-state index contributed by atoms with van der Waals surface area (Å²) in [5.41, 5.74) is 0.899. The fourth-order valence-electron chi connectivity index (χ4n) is 1.57. The van der Waals surface area contributed by atoms with Crippen LogP contribution in [0.4, 0.5) is 5.82 Å². The number of ether oxygens (including phenoxy) is 1. The van der Waals surface area contributed by atoms with E-state index in [0.717, 1.165) is 11.3 Å². The van der Waals surface area contributed by atoms with Gasteiger partial charge >= 0.3 is 0 Å². The molecule has 0 saturated carbocycles. The van der Waals surface area contributed by atoms with Crippen molar-refractivity contribution < 1.29 is 9.53 Å². The van der Waals surface area contributed by atoms with Gasteiger partial charge in [0.2, 0.25) is 5.91 Å². The van der Waals surface area contributed by atoms with Gasteiger partial charge in [-0.2, -0.15) is 5.10 Å². The van der Waals surface area contributed by atoms with E-state index in [1.54, 1.807) is 37.2 Å². The summed E-state index contributed by atoms with van der Waals surface area (Å²) in [7, 11) is 3.40. The van der Waals surface area contributed by atoms with Gasteiger partial charge in [-0.3, -0.25) is 9.48 Å². The van der Waals surface area contributed by atoms with Crippen molar-refractivity contribution in [1.82, 2.24) is 9.78 Å². The van der Waals surface area contributed by atoms with Crippen LogP contribution in [0.25, 0.3) is 6.08 Å². The van der Waals surface area contributed by atoms with Gasteiger partial charge in [0, 0.05) is 25.4 Å². The predicted molar refractivity (Wildman–Crippen MR) is 73.9 cm³/mol. The number of rotatable bonds is 4. The first-order valence-electron chi connectivity index (χ1n) is 5.80. The molecular weight excluding hydrogens is 242 g/mol. The van der Waals surface area contributed by atoms with Crippen LogP contribution in [0.3, 0.4) is 0 Å². The number of carbonyl (C=O) groups excluding carboxylic acids is 1. The first kappa shape index (κ1) is 12.9. The minimum atomic E-state index is -0.221. The fourth-order valence-corrected chi connectivity index (χ4v) is 1.57. The first-order chi connectivity index (χ1) is 9.17. The van der Waals surface area contributed by atoms with Crippen LogP contribution in [0.5, 0.6) is 5.75 Å². The molecule has 0 fully saturated rings. The second-order valence-electron chi connectivity index (χ2n) is 3.97. The quantitative estimate of drug-likeness (QED) is 0.853. The number of aromatic nitrogens is 2. The van der Waals surface area contributed by atoms with Crippen LogP contribution >= 0.6 is 0 Å². The Labute approximate surface area is 111 Å². The smallest absolute Gasteiger partial charge is 0.249 e. The van der Waals surface area contributed by atoms with E-state index in [2.05, 4.69) is 10.4 Å². The van der Waals surface area contributed by atoms with Crippen LogP contribution in [0.2, 0.25) is 0 Å². The molecule has 1 aromatic carbocycles. The van der Waals surface area contributed by atoms with E-state index in [-0.39, 0.29) is 5.91 Å². The highest BCUT2D eigenvalue weighted by molar-refractivity contribution is 6.01. The molecule has 2 aromatic rings. The Morgan fingerprint density at radius 1 is 1.42 bits per heavy atom. The monoisotopic (exact) mass is 257 g/mol. The summed E-state index contributed by atoms with van der Waals surface area (Å²) in [6.07, 6.45) is 4.95. The number of anilines is 1. The van der Waals surface area contributed by atoms with Gasteiger partial charge in [0.15, 0.2) is 5.82 Å². The highest BCUT2D eigenvalue weighted by Crippen LogP contribution is 2.13. The lowest BCUT2D eigenvalue weighted by Crippen LogP contribution is -2.08. The zero-order chi connectivity index (χ0) is 13.7. The summed E-state index contributed by atoms with van der Waals surface area (Å²) in [4.78, 5) is 11.7. The number of benzene rings is 1. The summed E-state index contributed by atoms with van der Waals surface area (Å²) >= 11 is 0. The van der Waals surface area contributed by atoms with Gasteiger partial charge in [0.05, 0.1) is 7.11 Å². The number of carbonyl (C=O) groups is 1. The van der Waals surface area contributed by atoms with Crippen molar-refractivity contribution in [3.05, 3.63) is 48.2 Å². The Balaban J connectivity index is 1.99. The molecule has 19 heavy (non-hydrogen) atoms. The molecule has 0 bridgehead atoms. The van der Waals surface area contributed by atoms with E-state index in [1.807, 2.05) is 24.3 Å². The maximum atomic E-state index is 11.7. The molecular formula is C14H15N3O2. The second kappa shape index (κ2) is 5.86. The molecule has 2 rings (SSSR count). The lowest BCUT2D eigenvalue weighted by molar-refractivity contribution is -0.111. The highest BCUT2D eigenvalue weighted by Gasteiger charge is 2.00. The summed E-state index contributed by atoms with van der Waals surface area (Å²) in [6.45, 7) is 0. The lowest BCUT2D eigenvalue weighted by atomic mass is 10.2. The number of hydrogen-bond acceptors (Lipinski definition) is 3. The average molecular weight is 257 g/mol. The van der Waals surface area contributed by atoms with Crippen molar-refractivity contribution in [2.24, 2.45) is 7.05 Å². The van der Waals surface area contributed by atoms with Gasteiger partial charge in [0.25, 0.3) is 0 Å². The summed E-state index contributed by atoms with van der Waals surface area (Å²) in [5.74, 6) is 1.07. The molecule has 0 spiro atoms. The lowest BCUT2D eigenvalue weighted by Gasteiger charge is -2.00. The molecule has 1 heterocycles. The summed E-state index contributed by atoms with van der Waals surface area (Å²) < 4.78 is 6.74. The zero-order valence-corrected chi connectivity index (χ0v) is 10.8. The van der Waals surface area contributed by atoms with Crippen molar-refractivity contribution in [1.29, 1.82) is 0 Å². The minimum absolute atomic E-state index is 0.221. The molecule has 5 nitrogen and oxygen atoms in total. The number of methoxy groups -OCH3 is 1. The van der Waals surface area contributed by atoms with Crippen molar-refractivity contribution in [2.45, 2.75) is 0 Å². The molecule has 0 aliphatic carbocycles. The van der Waals surface area contributed by atoms with E-state index in [9.17, 15) is 4.79 Å². The molecule has 0 unspecified atom stereocenters. The second-order valence-corrected chi connectivity index (χ2v) is 3.97. The van der Waals surface area contributed by atoms with Gasteiger partial charge in [0.1, 0.15) is 5.75 Å². The average Bonchev–Trinajstić information content (AvgIpc) is 2.82. The van der Waals surface area contributed by atoms with Crippen LogP contribution in [0, 0.1) is 0 Å². The third-order valence-corrected chi connectivity index (χ3v) is 2.49. The van der Waals surface area contributed by atoms with Crippen LogP contribution in [-0.2, 0) is 11.8 Å². The van der Waals surface area contributed by atoms with Crippen LogP contribution in [0.15, 0.2) is 42.6 Å². The Bertz CT molecular complexity index is 602. The first-order valence-corrected chi connectivity index (χ1v) is 5.80. The van der Waals surface area contributed by atoms with Gasteiger partial charge < -0.3 is 10.1 Å². The predicted octanol–water partition coefficient (Wildman–Crippen LogP) is 2.08. The van der Waals surface area contributed by atoms with Crippen molar-refractivity contribution >= 4 is 17.8 Å². The maximum absolute atomic E-state index is 11.7. The van der Waals surface area contributed by atoms with Crippen molar-refractivity contribution in [3.63, 3.8) is 0 Å². The molecule has 1 aromatic heterocycles. The van der Waals surface area contributed by atoms with E-state index >= 15 is 0 Å². The molecule has 5 heteroatoms. The van der Waals surface area contributed by atoms with Crippen LogP contribution < -0.4 is 10.1 Å². The molecule has 98 valence electrons. The molecule has 0 aliphatic rings. The minimum Gasteiger partial charge on any atom is -0.497 e. The normalized spacial score (nSPS) is 10.6. The third kappa shape index (κ3) is 3.70. The van der Waals surface area contributed by atoms with E-state index in [4.69, 9.17) is 4.74 Å². The van der Waals surface area contributed by atoms with Crippen LogP contribution in [-0.4, -0.2) is 22.8 Å². The van der Waals surface area contributed by atoms with E-state index in [0.29, 0.717) is 5.82 Å². The van der Waals surface area contributed by atoms with E-state index < -0.39 is 0 Å². The van der Waals surface area contributed by atoms with Crippen molar-refractivity contribution in [3.8, 4) is 5.75 Å². The molecule has 0 radical (unpaired) electrons. The maximum Gasteiger partial charge on any atom is 0.249 e. The summed E-state index contributed by atoms with van der Waals surface area (Å²) in [6, 6.07) is 9.20. The third-order valence-electron chi connectivity index (χ3n) is 2.49. The van der Waals surface area contributed by atoms with Gasteiger partial charge in [-0.05, 0) is 23.8 Å². The van der Waals surface area contributed by atoms with E-state index in [1.165, 1.54) is 6.08 Å². The van der Waals surface area contributed by atoms with Crippen LogP contribution in [0.1, 0.15) is 5.56 Å². The standard InChI is InChI=1S/C14H15N3O2/c1-17-9-8-13(16-17)15-14(18)7-6-11-4-3-5-12(10-11)19-2/h3-10H,1-2H3,(H,15,16,18). The molecule has 0 aliphatic heterocycles. The van der Waals surface area contributed by atoms with Crippen molar-refractivity contribution in [2.75, 3.05) is 12.4 Å². The Morgan fingerprint density at radius 3 is 2.95 bits per heavy atom. The SMILES string of the molecule is COc1cccc(C=CC(=O)Nc2ccn(C)n2)c1. The number of nitrogens with one attached hydrogen (secondary N) is 1. The molecule has 0 saturated heterocycles. The Hall–Kier alpha value is -2.56. The van der Waals surface area contributed by atoms with Gasteiger partial charge in [-0.25, -0.2) is 0 Å². The Morgan fingerprint density at radius 2 is 2.26 bits per heavy atom. The number of nitrogens with zero attached hydrogens (tertiary/aromatic N) is 2. The summed E-state index contributed by atoms with van der Waals surface area (Å²) in [5, 5.41) is 6.74. The molecule has 0 atom stereocenters. The topological polar surface area (TPSA) is 56.1 Å². The largest absolute Gasteiger partial charge is 0.497 e. The molecule has 1 amide bonds. The molecule has 1 N–H and O–H groups in total. The Kier molecular flexibility index (Phi) is 3.97. The van der Waals surface area contributed by atoms with Gasteiger partial charge in [-0.15, -0.1) is 0 Å². The number of aryl methyl sites for hydroxylation is 1. The zero-order valence-electron chi connectivity index (χ0n) is 10.8.